The highest BCUT2D eigenvalue weighted by Gasteiger charge is 2.12. The first-order valence-electron chi connectivity index (χ1n) is 6.00. The van der Waals surface area contributed by atoms with Crippen LogP contribution in [0.25, 0.3) is 0 Å². The molecule has 1 rings (SSSR count). The Labute approximate surface area is 106 Å². The molecule has 0 aromatic carbocycles. The summed E-state index contributed by atoms with van der Waals surface area (Å²) in [4.78, 5) is 15.6. The quantitative estimate of drug-likeness (QED) is 0.571. The summed E-state index contributed by atoms with van der Waals surface area (Å²) in [5, 5.41) is 1.95. The number of nitrogens with two attached hydrogens (primary N) is 1. The summed E-state index contributed by atoms with van der Waals surface area (Å²) in [7, 11) is 0. The first kappa shape index (κ1) is 14.1. The van der Waals surface area contributed by atoms with Gasteiger partial charge < -0.3 is 10.5 Å². The molecule has 0 amide bonds. The molecule has 0 aliphatic carbocycles. The van der Waals surface area contributed by atoms with Crippen molar-refractivity contribution < 1.29 is 9.53 Å². The number of hydrogen-bond acceptors (Lipinski definition) is 5. The molecule has 1 aromatic heterocycles. The van der Waals surface area contributed by atoms with Gasteiger partial charge in [0.25, 0.3) is 0 Å². The molecular weight excluding hydrogens is 236 g/mol. The molecule has 5 heteroatoms. The molecule has 0 fully saturated rings. The first-order chi connectivity index (χ1) is 8.22. The van der Waals surface area contributed by atoms with E-state index in [1.54, 1.807) is 5.51 Å². The van der Waals surface area contributed by atoms with Crippen LogP contribution in [0.5, 0.6) is 0 Å². The van der Waals surface area contributed by atoms with Crippen molar-refractivity contribution in [3.05, 3.63) is 16.6 Å². The van der Waals surface area contributed by atoms with Crippen LogP contribution in [0.1, 0.15) is 38.3 Å². The number of carbonyl (C=O) groups excluding carboxylic acids is 1. The maximum absolute atomic E-state index is 11.4. The molecule has 96 valence electrons. The molecule has 0 aliphatic heterocycles. The zero-order valence-corrected chi connectivity index (χ0v) is 11.0. The molecule has 0 saturated carbocycles. The molecule has 1 unspecified atom stereocenters. The van der Waals surface area contributed by atoms with Gasteiger partial charge in [0.05, 0.1) is 24.2 Å². The lowest BCUT2D eigenvalue weighted by Crippen LogP contribution is -2.27. The van der Waals surface area contributed by atoms with Crippen LogP contribution in [0.2, 0.25) is 0 Å². The zero-order valence-electron chi connectivity index (χ0n) is 10.2. The van der Waals surface area contributed by atoms with Crippen LogP contribution in [0.15, 0.2) is 10.9 Å². The second-order valence-electron chi connectivity index (χ2n) is 4.08. The Balaban J connectivity index is 2.13. The molecule has 0 spiro atoms. The molecule has 0 radical (unpaired) electrons. The van der Waals surface area contributed by atoms with E-state index in [-0.39, 0.29) is 18.4 Å². The van der Waals surface area contributed by atoms with Gasteiger partial charge in [-0.05, 0) is 6.42 Å². The second kappa shape index (κ2) is 8.20. The molecule has 1 heterocycles. The maximum Gasteiger partial charge on any atom is 0.307 e. The van der Waals surface area contributed by atoms with E-state index >= 15 is 0 Å². The minimum Gasteiger partial charge on any atom is -0.466 e. The van der Waals surface area contributed by atoms with Gasteiger partial charge in [-0.1, -0.05) is 19.8 Å². The average molecular weight is 256 g/mol. The summed E-state index contributed by atoms with van der Waals surface area (Å²) >= 11 is 1.54. The minimum absolute atomic E-state index is 0.198. The van der Waals surface area contributed by atoms with Crippen molar-refractivity contribution in [2.75, 3.05) is 6.61 Å². The highest BCUT2D eigenvalue weighted by molar-refractivity contribution is 7.07. The zero-order chi connectivity index (χ0) is 12.5. The number of carbonyl (C=O) groups is 1. The SMILES string of the molecule is CCCCCOC(=O)CC(N)Cc1cscn1. The lowest BCUT2D eigenvalue weighted by molar-refractivity contribution is -0.144. The number of hydrogen-bond donors (Lipinski definition) is 1. The van der Waals surface area contributed by atoms with Crippen LogP contribution in [0, 0.1) is 0 Å². The Bertz CT molecular complexity index is 314. The standard InChI is InChI=1S/C12H20N2O2S/c1-2-3-4-5-16-12(15)7-10(13)6-11-8-17-9-14-11/h8-10H,2-7,13H2,1H3. The second-order valence-corrected chi connectivity index (χ2v) is 4.79. The third-order valence-electron chi connectivity index (χ3n) is 2.39. The van der Waals surface area contributed by atoms with E-state index in [0.717, 1.165) is 25.0 Å². The van der Waals surface area contributed by atoms with Crippen LogP contribution >= 0.6 is 11.3 Å². The number of ether oxygens (including phenoxy) is 1. The van der Waals surface area contributed by atoms with Gasteiger partial charge in [0, 0.05) is 17.8 Å². The normalized spacial score (nSPS) is 12.4. The summed E-state index contributed by atoms with van der Waals surface area (Å²) in [6.07, 6.45) is 4.06. The fraction of sp³-hybridized carbons (Fsp3) is 0.667. The number of rotatable bonds is 8. The van der Waals surface area contributed by atoms with Gasteiger partial charge in [0.15, 0.2) is 0 Å². The van der Waals surface area contributed by atoms with Crippen molar-refractivity contribution in [3.8, 4) is 0 Å². The minimum atomic E-state index is -0.205. The van der Waals surface area contributed by atoms with Crippen molar-refractivity contribution in [1.82, 2.24) is 4.98 Å². The number of esters is 1. The Morgan fingerprint density at radius 1 is 1.59 bits per heavy atom. The fourth-order valence-corrected chi connectivity index (χ4v) is 2.06. The fourth-order valence-electron chi connectivity index (χ4n) is 1.49. The summed E-state index contributed by atoms with van der Waals surface area (Å²) < 4.78 is 5.10. The lowest BCUT2D eigenvalue weighted by Gasteiger charge is -2.09. The topological polar surface area (TPSA) is 65.2 Å². The summed E-state index contributed by atoms with van der Waals surface area (Å²) in [6.45, 7) is 2.63. The van der Waals surface area contributed by atoms with Crippen molar-refractivity contribution in [2.45, 2.75) is 45.1 Å². The van der Waals surface area contributed by atoms with Crippen LogP contribution in [0.3, 0.4) is 0 Å². The Morgan fingerprint density at radius 2 is 2.41 bits per heavy atom. The Hall–Kier alpha value is -0.940. The molecule has 0 aliphatic rings. The summed E-state index contributed by atoms with van der Waals surface area (Å²) in [5.74, 6) is -0.205. The van der Waals surface area contributed by atoms with Crippen molar-refractivity contribution in [1.29, 1.82) is 0 Å². The molecule has 4 nitrogen and oxygen atoms in total. The summed E-state index contributed by atoms with van der Waals surface area (Å²) in [5.41, 5.74) is 8.57. The molecule has 1 aromatic rings. The molecular formula is C12H20N2O2S. The van der Waals surface area contributed by atoms with E-state index in [2.05, 4.69) is 11.9 Å². The lowest BCUT2D eigenvalue weighted by atomic mass is 10.1. The number of unbranched alkanes of at least 4 members (excludes halogenated alkanes) is 2. The van der Waals surface area contributed by atoms with Gasteiger partial charge in [-0.25, -0.2) is 4.98 Å². The van der Waals surface area contributed by atoms with Gasteiger partial charge in [-0.3, -0.25) is 4.79 Å². The van der Waals surface area contributed by atoms with Crippen LogP contribution < -0.4 is 5.73 Å². The van der Waals surface area contributed by atoms with E-state index in [1.807, 2.05) is 5.38 Å². The van der Waals surface area contributed by atoms with E-state index in [0.29, 0.717) is 13.0 Å². The first-order valence-corrected chi connectivity index (χ1v) is 6.95. The van der Waals surface area contributed by atoms with Gasteiger partial charge >= 0.3 is 5.97 Å². The van der Waals surface area contributed by atoms with Crippen molar-refractivity contribution >= 4 is 17.3 Å². The molecule has 0 saturated heterocycles. The summed E-state index contributed by atoms with van der Waals surface area (Å²) in [6, 6.07) is -0.198. The van der Waals surface area contributed by atoms with Gasteiger partial charge in [-0.15, -0.1) is 11.3 Å². The number of thiazole rings is 1. The number of nitrogens with zero attached hydrogens (tertiary/aromatic N) is 1. The van der Waals surface area contributed by atoms with Crippen LogP contribution in [-0.4, -0.2) is 23.6 Å². The molecule has 17 heavy (non-hydrogen) atoms. The third kappa shape index (κ3) is 6.38. The van der Waals surface area contributed by atoms with Gasteiger partial charge in [0.1, 0.15) is 0 Å². The predicted octanol–water partition coefficient (Wildman–Crippen LogP) is 2.14. The van der Waals surface area contributed by atoms with E-state index in [9.17, 15) is 4.79 Å². The van der Waals surface area contributed by atoms with Gasteiger partial charge in [0.2, 0.25) is 0 Å². The van der Waals surface area contributed by atoms with Crippen molar-refractivity contribution in [2.24, 2.45) is 5.73 Å². The monoisotopic (exact) mass is 256 g/mol. The Kier molecular flexibility index (Phi) is 6.81. The Morgan fingerprint density at radius 3 is 3.06 bits per heavy atom. The number of aromatic nitrogens is 1. The molecule has 2 N–H and O–H groups in total. The van der Waals surface area contributed by atoms with Crippen molar-refractivity contribution in [3.63, 3.8) is 0 Å². The maximum atomic E-state index is 11.4. The van der Waals surface area contributed by atoms with E-state index < -0.39 is 0 Å². The van der Waals surface area contributed by atoms with E-state index in [1.165, 1.54) is 11.3 Å². The molecule has 1 atom stereocenters. The smallest absolute Gasteiger partial charge is 0.307 e. The van der Waals surface area contributed by atoms with Crippen LogP contribution in [-0.2, 0) is 16.0 Å². The highest BCUT2D eigenvalue weighted by atomic mass is 32.1. The van der Waals surface area contributed by atoms with E-state index in [4.69, 9.17) is 10.5 Å². The van der Waals surface area contributed by atoms with Gasteiger partial charge in [-0.2, -0.15) is 0 Å². The predicted molar refractivity (Wildman–Crippen MR) is 68.9 cm³/mol. The largest absolute Gasteiger partial charge is 0.466 e. The molecule has 0 bridgehead atoms. The average Bonchev–Trinajstić information content (AvgIpc) is 2.77. The highest BCUT2D eigenvalue weighted by Crippen LogP contribution is 2.06. The third-order valence-corrected chi connectivity index (χ3v) is 3.03. The van der Waals surface area contributed by atoms with Crippen LogP contribution in [0.4, 0.5) is 0 Å².